The van der Waals surface area contributed by atoms with Gasteiger partial charge in [-0.1, -0.05) is 36.4 Å². The molecular formula is C16H15N5O2. The third-order valence-electron chi connectivity index (χ3n) is 3.71. The number of carbonyl (C=O) groups is 2. The van der Waals surface area contributed by atoms with Gasteiger partial charge < -0.3 is 16.4 Å². The highest BCUT2D eigenvalue weighted by molar-refractivity contribution is 6.04. The Bertz CT molecular complexity index is 748. The van der Waals surface area contributed by atoms with Crippen molar-refractivity contribution in [2.45, 2.75) is 11.6 Å². The van der Waals surface area contributed by atoms with Gasteiger partial charge in [0, 0.05) is 6.20 Å². The van der Waals surface area contributed by atoms with Crippen LogP contribution in [0.15, 0.2) is 59.7 Å². The summed E-state index contributed by atoms with van der Waals surface area (Å²) >= 11 is 0. The van der Waals surface area contributed by atoms with Gasteiger partial charge in [-0.3, -0.25) is 14.6 Å². The summed E-state index contributed by atoms with van der Waals surface area (Å²) in [5.74, 6) is -0.763. The largest absolute Gasteiger partial charge is 0.367 e. The number of hydrogen-bond acceptors (Lipinski definition) is 5. The number of rotatable bonds is 4. The monoisotopic (exact) mass is 309 g/mol. The average Bonchev–Trinajstić information content (AvgIpc) is 3.03. The Kier molecular flexibility index (Phi) is 3.76. The van der Waals surface area contributed by atoms with E-state index < -0.39 is 23.4 Å². The number of primary amides is 1. The molecule has 23 heavy (non-hydrogen) atoms. The minimum atomic E-state index is -1.42. The number of nitrogens with two attached hydrogens (primary N) is 1. The number of nitrogens with zero attached hydrogens (tertiary/aromatic N) is 2. The van der Waals surface area contributed by atoms with E-state index in [0.717, 1.165) is 0 Å². The van der Waals surface area contributed by atoms with Gasteiger partial charge in [0.15, 0.2) is 11.6 Å². The molecule has 3 rings (SSSR count). The van der Waals surface area contributed by atoms with Crippen molar-refractivity contribution in [1.82, 2.24) is 10.3 Å². The third kappa shape index (κ3) is 2.52. The summed E-state index contributed by atoms with van der Waals surface area (Å²) in [4.78, 5) is 32.9. The number of hydrogen-bond donors (Lipinski definition) is 3. The molecule has 1 aromatic heterocycles. The number of nitrogens with one attached hydrogen (secondary N) is 2. The fourth-order valence-electron chi connectivity index (χ4n) is 2.59. The van der Waals surface area contributed by atoms with Crippen LogP contribution < -0.4 is 16.4 Å². The van der Waals surface area contributed by atoms with E-state index >= 15 is 0 Å². The Labute approximate surface area is 132 Å². The third-order valence-corrected chi connectivity index (χ3v) is 3.71. The van der Waals surface area contributed by atoms with Crippen LogP contribution in [0.1, 0.15) is 5.56 Å². The van der Waals surface area contributed by atoms with Crippen LogP contribution in [0.5, 0.6) is 0 Å². The van der Waals surface area contributed by atoms with E-state index in [1.54, 1.807) is 48.7 Å². The van der Waals surface area contributed by atoms with E-state index in [4.69, 9.17) is 5.73 Å². The summed E-state index contributed by atoms with van der Waals surface area (Å²) in [5.41, 5.74) is 4.77. The van der Waals surface area contributed by atoms with Crippen molar-refractivity contribution in [2.75, 3.05) is 5.32 Å². The van der Waals surface area contributed by atoms with Crippen LogP contribution >= 0.6 is 0 Å². The Hall–Kier alpha value is -3.22. The second kappa shape index (κ2) is 5.88. The molecule has 7 heteroatoms. The molecule has 0 radical (unpaired) electrons. The van der Waals surface area contributed by atoms with E-state index in [9.17, 15) is 9.59 Å². The lowest BCUT2D eigenvalue weighted by atomic mass is 9.82. The number of aliphatic imine (C=N–C) groups is 1. The fourth-order valence-corrected chi connectivity index (χ4v) is 2.59. The molecule has 0 saturated heterocycles. The second-order valence-corrected chi connectivity index (χ2v) is 5.07. The van der Waals surface area contributed by atoms with Crippen molar-refractivity contribution in [3.63, 3.8) is 0 Å². The maximum absolute atomic E-state index is 12.6. The van der Waals surface area contributed by atoms with Crippen LogP contribution in [0.25, 0.3) is 0 Å². The molecule has 7 nitrogen and oxygen atoms in total. The average molecular weight is 309 g/mol. The van der Waals surface area contributed by atoms with Crippen LogP contribution in [-0.4, -0.2) is 29.2 Å². The predicted octanol–water partition coefficient (Wildman–Crippen LogP) is 0.401. The molecular weight excluding hydrogens is 294 g/mol. The molecule has 2 aromatic rings. The summed E-state index contributed by atoms with van der Waals surface area (Å²) in [6.45, 7) is 0. The zero-order valence-corrected chi connectivity index (χ0v) is 12.1. The Morgan fingerprint density at radius 1 is 1.13 bits per heavy atom. The van der Waals surface area contributed by atoms with Crippen molar-refractivity contribution >= 4 is 24.0 Å². The number of pyridine rings is 1. The molecule has 2 atom stereocenters. The van der Waals surface area contributed by atoms with E-state index in [0.29, 0.717) is 11.4 Å². The SMILES string of the molecule is NC(=O)C1(c2ccccc2)NC=NC1C(=O)Nc1ccccn1. The van der Waals surface area contributed by atoms with Gasteiger partial charge >= 0.3 is 0 Å². The maximum Gasteiger partial charge on any atom is 0.253 e. The van der Waals surface area contributed by atoms with E-state index in [1.807, 2.05) is 6.07 Å². The van der Waals surface area contributed by atoms with Gasteiger partial charge in [0.25, 0.3) is 11.8 Å². The van der Waals surface area contributed by atoms with Gasteiger partial charge in [0.2, 0.25) is 0 Å². The van der Waals surface area contributed by atoms with Crippen molar-refractivity contribution in [3.8, 4) is 0 Å². The van der Waals surface area contributed by atoms with Crippen molar-refractivity contribution in [3.05, 3.63) is 60.3 Å². The molecule has 0 aliphatic carbocycles. The first kappa shape index (κ1) is 14.7. The molecule has 2 amide bonds. The molecule has 1 aliphatic heterocycles. The van der Waals surface area contributed by atoms with Crippen LogP contribution in [0.4, 0.5) is 5.82 Å². The number of anilines is 1. The number of carbonyl (C=O) groups excluding carboxylic acids is 2. The predicted molar refractivity (Wildman–Crippen MR) is 85.6 cm³/mol. The number of amides is 2. The minimum Gasteiger partial charge on any atom is -0.367 e. The smallest absolute Gasteiger partial charge is 0.253 e. The molecule has 0 fully saturated rings. The molecule has 4 N–H and O–H groups in total. The lowest BCUT2D eigenvalue weighted by Crippen LogP contribution is -2.59. The first-order valence-electron chi connectivity index (χ1n) is 7.01. The van der Waals surface area contributed by atoms with Crippen LogP contribution in [0, 0.1) is 0 Å². The Balaban J connectivity index is 1.95. The highest BCUT2D eigenvalue weighted by Gasteiger charge is 2.52. The summed E-state index contributed by atoms with van der Waals surface area (Å²) in [6, 6.07) is 12.9. The highest BCUT2D eigenvalue weighted by Crippen LogP contribution is 2.30. The summed E-state index contributed by atoms with van der Waals surface area (Å²) < 4.78 is 0. The quantitative estimate of drug-likeness (QED) is 0.759. The summed E-state index contributed by atoms with van der Waals surface area (Å²) in [6.07, 6.45) is 2.89. The molecule has 0 bridgehead atoms. The topological polar surface area (TPSA) is 109 Å². The second-order valence-electron chi connectivity index (χ2n) is 5.07. The molecule has 1 aliphatic rings. The van der Waals surface area contributed by atoms with E-state index in [1.165, 1.54) is 6.34 Å². The lowest BCUT2D eigenvalue weighted by molar-refractivity contribution is -0.129. The molecule has 116 valence electrons. The van der Waals surface area contributed by atoms with Crippen molar-refractivity contribution in [2.24, 2.45) is 10.7 Å². The molecule has 1 aromatic carbocycles. The standard InChI is InChI=1S/C16H15N5O2/c17-15(23)16(11-6-2-1-3-7-11)13(19-10-20-16)14(22)21-12-8-4-5-9-18-12/h1-10,13H,(H2,17,23)(H,19,20)(H,18,21,22). The van der Waals surface area contributed by atoms with Gasteiger partial charge in [-0.15, -0.1) is 0 Å². The Morgan fingerprint density at radius 2 is 1.87 bits per heavy atom. The molecule has 2 unspecified atom stereocenters. The molecule has 0 saturated carbocycles. The number of benzene rings is 1. The Morgan fingerprint density at radius 3 is 2.52 bits per heavy atom. The van der Waals surface area contributed by atoms with Gasteiger partial charge in [-0.05, 0) is 17.7 Å². The van der Waals surface area contributed by atoms with Gasteiger partial charge in [0.05, 0.1) is 6.34 Å². The fraction of sp³-hybridized carbons (Fsp3) is 0.125. The lowest BCUT2D eigenvalue weighted by Gasteiger charge is -2.31. The van der Waals surface area contributed by atoms with E-state index in [2.05, 4.69) is 20.6 Å². The van der Waals surface area contributed by atoms with Crippen LogP contribution in [-0.2, 0) is 15.1 Å². The summed E-state index contributed by atoms with van der Waals surface area (Å²) in [7, 11) is 0. The number of aromatic nitrogens is 1. The zero-order chi connectivity index (χ0) is 16.3. The summed E-state index contributed by atoms with van der Waals surface area (Å²) in [5, 5.41) is 5.51. The first-order valence-corrected chi connectivity index (χ1v) is 7.01. The van der Waals surface area contributed by atoms with Crippen molar-refractivity contribution < 1.29 is 9.59 Å². The van der Waals surface area contributed by atoms with Gasteiger partial charge in [-0.25, -0.2) is 4.98 Å². The van der Waals surface area contributed by atoms with Gasteiger partial charge in [-0.2, -0.15) is 0 Å². The van der Waals surface area contributed by atoms with Crippen molar-refractivity contribution in [1.29, 1.82) is 0 Å². The normalized spacial score (nSPS) is 22.3. The molecule has 2 heterocycles. The maximum atomic E-state index is 12.6. The first-order chi connectivity index (χ1) is 11.1. The van der Waals surface area contributed by atoms with E-state index in [-0.39, 0.29) is 0 Å². The van der Waals surface area contributed by atoms with Gasteiger partial charge in [0.1, 0.15) is 5.82 Å². The molecule has 0 spiro atoms. The van der Waals surface area contributed by atoms with Crippen LogP contribution in [0.2, 0.25) is 0 Å². The highest BCUT2D eigenvalue weighted by atomic mass is 16.2. The minimum absolute atomic E-state index is 0.381. The zero-order valence-electron chi connectivity index (χ0n) is 12.1. The van der Waals surface area contributed by atoms with Crippen LogP contribution in [0.3, 0.4) is 0 Å².